The molecule has 0 aromatic rings. The molecule has 1 heterocycles. The van der Waals surface area contributed by atoms with E-state index in [1.807, 2.05) is 0 Å². The minimum atomic E-state index is 0.419. The van der Waals surface area contributed by atoms with Crippen LogP contribution in [0.4, 0.5) is 0 Å². The molecule has 0 bridgehead atoms. The molecule has 0 spiro atoms. The van der Waals surface area contributed by atoms with Gasteiger partial charge in [-0.2, -0.15) is 0 Å². The van der Waals surface area contributed by atoms with Gasteiger partial charge >= 0.3 is 0 Å². The van der Waals surface area contributed by atoms with Crippen molar-refractivity contribution in [3.05, 3.63) is 0 Å². The number of rotatable bonds is 3. The summed E-state index contributed by atoms with van der Waals surface area (Å²) in [5.74, 6) is 0.647. The molecule has 0 aliphatic carbocycles. The lowest BCUT2D eigenvalue weighted by Crippen LogP contribution is -2.12. The smallest absolute Gasteiger partial charge is 0.160 e. The summed E-state index contributed by atoms with van der Waals surface area (Å²) >= 11 is 5.00. The highest BCUT2D eigenvalue weighted by Gasteiger charge is 2.27. The van der Waals surface area contributed by atoms with Crippen molar-refractivity contribution >= 4 is 17.3 Å². The third-order valence-electron chi connectivity index (χ3n) is 2.25. The van der Waals surface area contributed by atoms with Gasteiger partial charge in [0.05, 0.1) is 0 Å². The molecule has 1 saturated heterocycles. The average molecular weight is 172 g/mol. The molecule has 0 amide bonds. The van der Waals surface area contributed by atoms with Crippen LogP contribution in [0.25, 0.3) is 0 Å². The molecule has 1 rings (SSSR count). The number of hydrogen-bond acceptors (Lipinski definition) is 2. The molecule has 0 radical (unpaired) electrons. The van der Waals surface area contributed by atoms with Crippen molar-refractivity contribution in [3.63, 3.8) is 0 Å². The van der Waals surface area contributed by atoms with E-state index in [9.17, 15) is 0 Å². The van der Waals surface area contributed by atoms with Crippen molar-refractivity contribution in [2.45, 2.75) is 45.6 Å². The maximum absolute atomic E-state index is 5.51. The Morgan fingerprint density at radius 2 is 2.36 bits per heavy atom. The Balaban J connectivity index is 2.28. The summed E-state index contributed by atoms with van der Waals surface area (Å²) in [7, 11) is 0. The van der Waals surface area contributed by atoms with Crippen LogP contribution >= 0.6 is 12.2 Å². The molecule has 0 unspecified atom stereocenters. The molecule has 11 heavy (non-hydrogen) atoms. The van der Waals surface area contributed by atoms with Crippen LogP contribution in [0.1, 0.15) is 39.5 Å². The number of unbranched alkanes of at least 4 members (excludes halogenated alkanes) is 1. The molecule has 64 valence electrons. The zero-order valence-electron chi connectivity index (χ0n) is 7.30. The Morgan fingerprint density at radius 1 is 1.64 bits per heavy atom. The van der Waals surface area contributed by atoms with Crippen molar-refractivity contribution in [2.75, 3.05) is 0 Å². The summed E-state index contributed by atoms with van der Waals surface area (Å²) in [5, 5.41) is 0.818. The highest BCUT2D eigenvalue weighted by molar-refractivity contribution is 7.80. The summed E-state index contributed by atoms with van der Waals surface area (Å²) in [4.78, 5) is 0. The van der Waals surface area contributed by atoms with Gasteiger partial charge in [0.2, 0.25) is 0 Å². The second-order valence-corrected chi connectivity index (χ2v) is 3.81. The van der Waals surface area contributed by atoms with E-state index >= 15 is 0 Å². The molecule has 2 heteroatoms. The fourth-order valence-electron chi connectivity index (χ4n) is 1.48. The molecule has 0 aromatic carbocycles. The normalized spacial score (nSPS) is 30.5. The Morgan fingerprint density at radius 3 is 2.82 bits per heavy atom. The van der Waals surface area contributed by atoms with Crippen molar-refractivity contribution in [3.8, 4) is 0 Å². The van der Waals surface area contributed by atoms with Crippen LogP contribution in [0.15, 0.2) is 0 Å². The third-order valence-corrected chi connectivity index (χ3v) is 2.51. The van der Waals surface area contributed by atoms with E-state index in [2.05, 4.69) is 13.8 Å². The second kappa shape index (κ2) is 4.05. The van der Waals surface area contributed by atoms with E-state index in [-0.39, 0.29) is 0 Å². The first-order valence-electron chi connectivity index (χ1n) is 4.43. The van der Waals surface area contributed by atoms with Crippen LogP contribution in [0, 0.1) is 5.92 Å². The van der Waals surface area contributed by atoms with Crippen LogP contribution in [-0.2, 0) is 4.74 Å². The summed E-state index contributed by atoms with van der Waals surface area (Å²) in [6, 6.07) is 0. The van der Waals surface area contributed by atoms with Crippen molar-refractivity contribution in [2.24, 2.45) is 5.92 Å². The average Bonchev–Trinajstić information content (AvgIpc) is 2.26. The Hall–Kier alpha value is -0.110. The Bertz CT molecular complexity index is 144. The fourth-order valence-corrected chi connectivity index (χ4v) is 1.86. The molecular formula is C9H16OS. The van der Waals surface area contributed by atoms with Crippen molar-refractivity contribution in [1.82, 2.24) is 0 Å². The second-order valence-electron chi connectivity index (χ2n) is 3.35. The van der Waals surface area contributed by atoms with E-state index in [0.29, 0.717) is 12.0 Å². The molecule has 0 N–H and O–H groups in total. The fraction of sp³-hybridized carbons (Fsp3) is 0.889. The predicted molar refractivity (Wildman–Crippen MR) is 50.8 cm³/mol. The number of hydrogen-bond donors (Lipinski definition) is 0. The van der Waals surface area contributed by atoms with E-state index in [0.717, 1.165) is 11.5 Å². The lowest BCUT2D eigenvalue weighted by Gasteiger charge is -2.12. The van der Waals surface area contributed by atoms with Gasteiger partial charge in [0, 0.05) is 12.3 Å². The van der Waals surface area contributed by atoms with Crippen LogP contribution in [-0.4, -0.2) is 11.2 Å². The lowest BCUT2D eigenvalue weighted by atomic mass is 10.00. The molecule has 0 aromatic heterocycles. The quantitative estimate of drug-likeness (QED) is 0.605. The van der Waals surface area contributed by atoms with Crippen molar-refractivity contribution < 1.29 is 4.74 Å². The molecular weight excluding hydrogens is 156 g/mol. The first kappa shape index (κ1) is 8.98. The van der Waals surface area contributed by atoms with Crippen LogP contribution in [0.5, 0.6) is 0 Å². The number of thiocarbonyl (C=S) groups is 1. The van der Waals surface area contributed by atoms with Crippen LogP contribution in [0.2, 0.25) is 0 Å². The van der Waals surface area contributed by atoms with Gasteiger partial charge in [-0.15, -0.1) is 0 Å². The minimum Gasteiger partial charge on any atom is -0.484 e. The first-order chi connectivity index (χ1) is 5.24. The minimum absolute atomic E-state index is 0.419. The molecule has 1 nitrogen and oxygen atoms in total. The molecule has 1 aliphatic heterocycles. The topological polar surface area (TPSA) is 9.23 Å². The SMILES string of the molecule is CCCC[C@H]1OC(=S)C[C@H]1C. The van der Waals surface area contributed by atoms with Gasteiger partial charge in [-0.1, -0.05) is 26.7 Å². The monoisotopic (exact) mass is 172 g/mol. The highest BCUT2D eigenvalue weighted by atomic mass is 32.1. The van der Waals surface area contributed by atoms with Gasteiger partial charge in [0.25, 0.3) is 0 Å². The zero-order chi connectivity index (χ0) is 8.27. The summed E-state index contributed by atoms with van der Waals surface area (Å²) in [6.07, 6.45) is 5.10. The third kappa shape index (κ3) is 2.44. The van der Waals surface area contributed by atoms with Gasteiger partial charge in [-0.25, -0.2) is 0 Å². The lowest BCUT2D eigenvalue weighted by molar-refractivity contribution is 0.170. The highest BCUT2D eigenvalue weighted by Crippen LogP contribution is 2.26. The van der Waals surface area contributed by atoms with E-state index in [4.69, 9.17) is 17.0 Å². The summed E-state index contributed by atoms with van der Waals surface area (Å²) < 4.78 is 5.51. The molecule has 0 saturated carbocycles. The predicted octanol–water partition coefficient (Wildman–Crippen LogP) is 2.93. The summed E-state index contributed by atoms with van der Waals surface area (Å²) in [6.45, 7) is 4.43. The Kier molecular flexibility index (Phi) is 3.31. The molecule has 1 aliphatic rings. The number of ether oxygens (including phenoxy) is 1. The van der Waals surface area contributed by atoms with Crippen LogP contribution < -0.4 is 0 Å². The van der Waals surface area contributed by atoms with Gasteiger partial charge in [-0.05, 0) is 18.6 Å². The maximum Gasteiger partial charge on any atom is 0.160 e. The van der Waals surface area contributed by atoms with Gasteiger partial charge in [0.1, 0.15) is 6.10 Å². The summed E-state index contributed by atoms with van der Waals surface area (Å²) in [5.41, 5.74) is 0. The first-order valence-corrected chi connectivity index (χ1v) is 4.84. The Labute approximate surface area is 74.1 Å². The van der Waals surface area contributed by atoms with E-state index < -0.39 is 0 Å². The van der Waals surface area contributed by atoms with Gasteiger partial charge in [-0.3, -0.25) is 0 Å². The largest absolute Gasteiger partial charge is 0.484 e. The van der Waals surface area contributed by atoms with E-state index in [1.54, 1.807) is 0 Å². The van der Waals surface area contributed by atoms with Gasteiger partial charge in [0.15, 0.2) is 5.05 Å². The maximum atomic E-state index is 5.51. The standard InChI is InChI=1S/C9H16OS/c1-3-4-5-8-7(2)6-9(11)10-8/h7-8H,3-6H2,1-2H3/t7-,8-/m1/s1. The van der Waals surface area contributed by atoms with E-state index in [1.165, 1.54) is 19.3 Å². The van der Waals surface area contributed by atoms with Crippen LogP contribution in [0.3, 0.4) is 0 Å². The zero-order valence-corrected chi connectivity index (χ0v) is 8.12. The van der Waals surface area contributed by atoms with Gasteiger partial charge < -0.3 is 4.74 Å². The molecule has 1 fully saturated rings. The molecule has 2 atom stereocenters. The van der Waals surface area contributed by atoms with Crippen molar-refractivity contribution in [1.29, 1.82) is 0 Å².